The van der Waals surface area contributed by atoms with Gasteiger partial charge in [0.05, 0.1) is 6.54 Å². The lowest BCUT2D eigenvalue weighted by Gasteiger charge is -1.99. The third-order valence-electron chi connectivity index (χ3n) is 2.28. The van der Waals surface area contributed by atoms with Gasteiger partial charge in [0, 0.05) is 18.2 Å². The molecule has 6 heteroatoms. The molecule has 0 unspecified atom stereocenters. The van der Waals surface area contributed by atoms with E-state index in [4.69, 9.17) is 10.3 Å². The summed E-state index contributed by atoms with van der Waals surface area (Å²) in [7, 11) is 1.59. The molecule has 0 atom stereocenters. The molecule has 0 saturated heterocycles. The first-order chi connectivity index (χ1) is 8.24. The molecule has 0 aliphatic carbocycles. The summed E-state index contributed by atoms with van der Waals surface area (Å²) in [5.41, 5.74) is 6.73. The zero-order valence-corrected chi connectivity index (χ0v) is 9.30. The molecule has 2 aromatic rings. The Labute approximate surface area is 97.8 Å². The highest BCUT2D eigenvalue weighted by Crippen LogP contribution is 2.16. The van der Waals surface area contributed by atoms with Crippen LogP contribution >= 0.6 is 0 Å². The second-order valence-electron chi connectivity index (χ2n) is 3.37. The summed E-state index contributed by atoms with van der Waals surface area (Å²) in [4.78, 5) is 15.4. The van der Waals surface area contributed by atoms with Gasteiger partial charge in [-0.25, -0.2) is 0 Å². The third kappa shape index (κ3) is 2.31. The average Bonchev–Trinajstić information content (AvgIpc) is 2.87. The molecule has 88 valence electrons. The highest BCUT2D eigenvalue weighted by Gasteiger charge is 2.08. The van der Waals surface area contributed by atoms with Crippen LogP contribution in [0.25, 0.3) is 11.4 Å². The van der Waals surface area contributed by atoms with E-state index in [2.05, 4.69) is 15.5 Å². The maximum absolute atomic E-state index is 11.3. The van der Waals surface area contributed by atoms with E-state index in [1.807, 2.05) is 0 Å². The highest BCUT2D eigenvalue weighted by atomic mass is 16.5. The van der Waals surface area contributed by atoms with Crippen LogP contribution in [0.2, 0.25) is 0 Å². The Kier molecular flexibility index (Phi) is 3.15. The van der Waals surface area contributed by atoms with Gasteiger partial charge in [-0.2, -0.15) is 4.98 Å². The fraction of sp³-hybridized carbons (Fsp3) is 0.182. The molecule has 0 radical (unpaired) electrons. The second kappa shape index (κ2) is 4.75. The molecule has 0 aliphatic heterocycles. The lowest BCUT2D eigenvalue weighted by atomic mass is 10.1. The van der Waals surface area contributed by atoms with Crippen molar-refractivity contribution in [1.29, 1.82) is 0 Å². The first-order valence-corrected chi connectivity index (χ1v) is 5.09. The van der Waals surface area contributed by atoms with Crippen molar-refractivity contribution in [3.63, 3.8) is 0 Å². The highest BCUT2D eigenvalue weighted by molar-refractivity contribution is 5.94. The van der Waals surface area contributed by atoms with Crippen LogP contribution in [-0.2, 0) is 6.54 Å². The second-order valence-corrected chi connectivity index (χ2v) is 3.37. The lowest BCUT2D eigenvalue weighted by molar-refractivity contribution is 0.0963. The molecule has 0 spiro atoms. The Bertz CT molecular complexity index is 519. The Hall–Kier alpha value is -2.21. The predicted octanol–water partition coefficient (Wildman–Crippen LogP) is 0.555. The average molecular weight is 232 g/mol. The van der Waals surface area contributed by atoms with E-state index in [0.717, 1.165) is 5.56 Å². The number of rotatable bonds is 3. The summed E-state index contributed by atoms with van der Waals surface area (Å²) in [6, 6.07) is 6.92. The lowest BCUT2D eigenvalue weighted by Crippen LogP contribution is -2.17. The Balaban J connectivity index is 2.25. The van der Waals surface area contributed by atoms with Crippen molar-refractivity contribution in [3.8, 4) is 11.4 Å². The first-order valence-electron chi connectivity index (χ1n) is 5.09. The number of carbonyl (C=O) groups excluding carboxylic acids is 1. The minimum atomic E-state index is -0.132. The van der Waals surface area contributed by atoms with Crippen molar-refractivity contribution in [2.75, 3.05) is 7.05 Å². The van der Waals surface area contributed by atoms with Gasteiger partial charge in [-0.1, -0.05) is 17.3 Å². The molecule has 0 aliphatic rings. The normalized spacial score (nSPS) is 10.2. The molecule has 0 bridgehead atoms. The number of carbonyl (C=O) groups is 1. The number of amides is 1. The predicted molar refractivity (Wildman–Crippen MR) is 61.0 cm³/mol. The van der Waals surface area contributed by atoms with Crippen molar-refractivity contribution in [3.05, 3.63) is 35.7 Å². The zero-order valence-electron chi connectivity index (χ0n) is 9.30. The number of benzene rings is 1. The van der Waals surface area contributed by atoms with Crippen LogP contribution in [0.3, 0.4) is 0 Å². The van der Waals surface area contributed by atoms with Crippen LogP contribution < -0.4 is 11.1 Å². The molecule has 3 N–H and O–H groups in total. The molecule has 1 heterocycles. The number of hydrogen-bond donors (Lipinski definition) is 2. The minimum absolute atomic E-state index is 0.132. The van der Waals surface area contributed by atoms with Gasteiger partial charge in [0.2, 0.25) is 11.7 Å². The van der Waals surface area contributed by atoms with Crippen LogP contribution in [0.15, 0.2) is 28.8 Å². The Morgan fingerprint density at radius 1 is 1.41 bits per heavy atom. The fourth-order valence-corrected chi connectivity index (χ4v) is 1.37. The van der Waals surface area contributed by atoms with Crippen molar-refractivity contribution >= 4 is 5.91 Å². The van der Waals surface area contributed by atoms with Crippen molar-refractivity contribution < 1.29 is 9.32 Å². The Morgan fingerprint density at radius 2 is 2.12 bits per heavy atom. The molecule has 1 aromatic carbocycles. The van der Waals surface area contributed by atoms with E-state index in [1.54, 1.807) is 31.3 Å². The largest absolute Gasteiger partial charge is 0.355 e. The van der Waals surface area contributed by atoms with Crippen molar-refractivity contribution in [2.24, 2.45) is 5.73 Å². The van der Waals surface area contributed by atoms with E-state index in [-0.39, 0.29) is 12.5 Å². The van der Waals surface area contributed by atoms with Crippen LogP contribution in [-0.4, -0.2) is 23.1 Å². The smallest absolute Gasteiger partial charge is 0.251 e. The van der Waals surface area contributed by atoms with E-state index < -0.39 is 0 Å². The SMILES string of the molecule is CNC(=O)c1ccc(-c2noc(CN)n2)cc1. The van der Waals surface area contributed by atoms with Gasteiger partial charge in [-0.05, 0) is 12.1 Å². The maximum atomic E-state index is 11.3. The van der Waals surface area contributed by atoms with E-state index >= 15 is 0 Å². The maximum Gasteiger partial charge on any atom is 0.251 e. The molecule has 0 saturated carbocycles. The van der Waals surface area contributed by atoms with E-state index in [1.165, 1.54) is 0 Å². The number of aromatic nitrogens is 2. The zero-order chi connectivity index (χ0) is 12.3. The van der Waals surface area contributed by atoms with Gasteiger partial charge in [0.25, 0.3) is 5.91 Å². The van der Waals surface area contributed by atoms with Gasteiger partial charge in [0.15, 0.2) is 0 Å². The van der Waals surface area contributed by atoms with Gasteiger partial charge < -0.3 is 15.6 Å². The summed E-state index contributed by atoms with van der Waals surface area (Å²) in [6.07, 6.45) is 0. The monoisotopic (exact) mass is 232 g/mol. The van der Waals surface area contributed by atoms with Crippen LogP contribution in [0, 0.1) is 0 Å². The summed E-state index contributed by atoms with van der Waals surface area (Å²) in [6.45, 7) is 0.212. The van der Waals surface area contributed by atoms with E-state index in [0.29, 0.717) is 17.3 Å². The minimum Gasteiger partial charge on any atom is -0.355 e. The number of nitrogens with zero attached hydrogens (tertiary/aromatic N) is 2. The summed E-state index contributed by atoms with van der Waals surface area (Å²) < 4.78 is 4.90. The van der Waals surface area contributed by atoms with Crippen LogP contribution in [0.1, 0.15) is 16.2 Å². The third-order valence-corrected chi connectivity index (χ3v) is 2.28. The molecular formula is C11H12N4O2. The molecule has 17 heavy (non-hydrogen) atoms. The van der Waals surface area contributed by atoms with Gasteiger partial charge in [-0.3, -0.25) is 4.79 Å². The molecule has 2 rings (SSSR count). The van der Waals surface area contributed by atoms with Crippen molar-refractivity contribution in [2.45, 2.75) is 6.54 Å². The number of nitrogens with one attached hydrogen (secondary N) is 1. The molecule has 1 aromatic heterocycles. The van der Waals surface area contributed by atoms with Gasteiger partial charge in [-0.15, -0.1) is 0 Å². The van der Waals surface area contributed by atoms with Crippen LogP contribution in [0.5, 0.6) is 0 Å². The van der Waals surface area contributed by atoms with Crippen LogP contribution in [0.4, 0.5) is 0 Å². The fourth-order valence-electron chi connectivity index (χ4n) is 1.37. The molecule has 0 fully saturated rings. The van der Waals surface area contributed by atoms with Gasteiger partial charge in [0.1, 0.15) is 0 Å². The molecule has 6 nitrogen and oxygen atoms in total. The first kappa shape index (κ1) is 11.3. The standard InChI is InChI=1S/C11H12N4O2/c1-13-11(16)8-4-2-7(3-5-8)10-14-9(6-12)17-15-10/h2-5H,6,12H2,1H3,(H,13,16). The summed E-state index contributed by atoms with van der Waals surface area (Å²) in [5, 5.41) is 6.33. The number of nitrogens with two attached hydrogens (primary N) is 1. The molecular weight excluding hydrogens is 220 g/mol. The molecule has 1 amide bonds. The summed E-state index contributed by atoms with van der Waals surface area (Å²) in [5.74, 6) is 0.719. The Morgan fingerprint density at radius 3 is 2.65 bits per heavy atom. The number of hydrogen-bond acceptors (Lipinski definition) is 5. The quantitative estimate of drug-likeness (QED) is 0.806. The van der Waals surface area contributed by atoms with E-state index in [9.17, 15) is 4.79 Å². The summed E-state index contributed by atoms with van der Waals surface area (Å²) >= 11 is 0. The van der Waals surface area contributed by atoms with Crippen molar-refractivity contribution in [1.82, 2.24) is 15.5 Å². The van der Waals surface area contributed by atoms with Gasteiger partial charge >= 0.3 is 0 Å². The topological polar surface area (TPSA) is 94.0 Å².